The molecule has 21 heavy (non-hydrogen) atoms. The third-order valence-electron chi connectivity index (χ3n) is 2.56. The number of likely N-dealkylation sites (N-methyl/N-ethyl adjacent to an activating group) is 1. The molecule has 3 rings (SSSR count). The number of benzene rings is 1. The van der Waals surface area contributed by atoms with Crippen LogP contribution in [0, 0.1) is 0 Å². The number of amides is 3. The van der Waals surface area contributed by atoms with Gasteiger partial charge >= 0.3 is 12.3 Å². The van der Waals surface area contributed by atoms with Gasteiger partial charge in [-0.05, 0) is 17.2 Å². The number of fused-ring (bicyclic) bond motifs is 1. The van der Waals surface area contributed by atoms with Gasteiger partial charge in [0.15, 0.2) is 0 Å². The Kier molecular flexibility index (Phi) is 3.83. The first-order valence-electron chi connectivity index (χ1n) is 5.83. The summed E-state index contributed by atoms with van der Waals surface area (Å²) in [7, 11) is 1.41. The van der Waals surface area contributed by atoms with E-state index in [0.29, 0.717) is 5.32 Å². The summed E-state index contributed by atoms with van der Waals surface area (Å²) in [6.45, 7) is -0.0435. The van der Waals surface area contributed by atoms with Crippen molar-refractivity contribution in [3.8, 4) is 11.1 Å². The van der Waals surface area contributed by atoms with Crippen molar-refractivity contribution in [1.29, 1.82) is 0 Å². The fourth-order valence-electron chi connectivity index (χ4n) is 1.58. The first kappa shape index (κ1) is 14.8. The standard InChI is InChI=1S/C6H7F3N4O2.C6H4/c1-13-2-3(14)10-4(13)11-5(15)12-6(7,8)9;1-2-5-4-6(5)3-1/h2H2,1H3,(H2,10,11,12,14,15);1-4H. The van der Waals surface area contributed by atoms with Gasteiger partial charge in [0.1, 0.15) is 0 Å². The number of nitrogens with zero attached hydrogens (tertiary/aromatic N) is 2. The maximum absolute atomic E-state index is 11.7. The van der Waals surface area contributed by atoms with Crippen LogP contribution < -0.4 is 10.6 Å². The molecule has 6 nitrogen and oxygen atoms in total. The zero-order valence-corrected chi connectivity index (χ0v) is 10.9. The van der Waals surface area contributed by atoms with E-state index >= 15 is 0 Å². The van der Waals surface area contributed by atoms with Crippen molar-refractivity contribution in [3.63, 3.8) is 0 Å². The van der Waals surface area contributed by atoms with Gasteiger partial charge in [0.05, 0.1) is 6.54 Å². The molecule has 0 atom stereocenters. The van der Waals surface area contributed by atoms with Crippen LogP contribution in [0.3, 0.4) is 0 Å². The van der Waals surface area contributed by atoms with Crippen molar-refractivity contribution >= 4 is 17.9 Å². The second kappa shape index (κ2) is 5.43. The second-order valence-corrected chi connectivity index (χ2v) is 4.35. The van der Waals surface area contributed by atoms with Crippen LogP contribution >= 0.6 is 0 Å². The van der Waals surface area contributed by atoms with E-state index in [4.69, 9.17) is 0 Å². The molecule has 0 radical (unpaired) electrons. The van der Waals surface area contributed by atoms with Crippen LogP contribution in [0.5, 0.6) is 0 Å². The monoisotopic (exact) mass is 300 g/mol. The number of carbonyl (C=O) groups is 2. The normalized spacial score (nSPS) is 17.0. The van der Waals surface area contributed by atoms with E-state index in [2.05, 4.69) is 34.6 Å². The van der Waals surface area contributed by atoms with Gasteiger partial charge in [-0.3, -0.25) is 10.1 Å². The largest absolute Gasteiger partial charge is 0.486 e. The molecule has 3 aliphatic rings. The van der Waals surface area contributed by atoms with Crippen molar-refractivity contribution in [3.05, 3.63) is 24.3 Å². The van der Waals surface area contributed by atoms with Crippen molar-refractivity contribution in [2.24, 2.45) is 4.99 Å². The number of carbonyl (C=O) groups excluding carboxylic acids is 2. The van der Waals surface area contributed by atoms with E-state index in [0.717, 1.165) is 0 Å². The Labute approximate surface area is 117 Å². The lowest BCUT2D eigenvalue weighted by atomic mass is 10.6. The Morgan fingerprint density at radius 3 is 2.33 bits per heavy atom. The van der Waals surface area contributed by atoms with Crippen LogP contribution in [0.15, 0.2) is 29.3 Å². The van der Waals surface area contributed by atoms with Crippen LogP contribution in [0.1, 0.15) is 0 Å². The molecule has 1 fully saturated rings. The molecule has 0 aromatic heterocycles. The summed E-state index contributed by atoms with van der Waals surface area (Å²) < 4.78 is 35.0. The fourth-order valence-corrected chi connectivity index (χ4v) is 1.58. The van der Waals surface area contributed by atoms with Crippen LogP contribution in [-0.2, 0) is 4.79 Å². The Bertz CT molecular complexity index is 596. The maximum Gasteiger partial charge on any atom is 0.486 e. The van der Waals surface area contributed by atoms with Crippen LogP contribution in [0.25, 0.3) is 11.1 Å². The Morgan fingerprint density at radius 1 is 1.38 bits per heavy atom. The van der Waals surface area contributed by atoms with E-state index in [-0.39, 0.29) is 12.5 Å². The molecule has 0 saturated carbocycles. The van der Waals surface area contributed by atoms with Crippen LogP contribution in [-0.4, -0.2) is 42.7 Å². The highest BCUT2D eigenvalue weighted by atomic mass is 19.4. The minimum Gasteiger partial charge on any atom is -0.336 e. The zero-order chi connectivity index (χ0) is 15.6. The average Bonchev–Trinajstić information content (AvgIpc) is 2.79. The Balaban J connectivity index is 0.000000218. The number of halogens is 3. The SMILES string of the molecule is CN1CC(=O)N/C1=N/C(=O)NC(F)(F)F.c1cc2cc-2c1. The van der Waals surface area contributed by atoms with Gasteiger partial charge in [0, 0.05) is 7.05 Å². The maximum atomic E-state index is 11.7. The number of alkyl halides is 3. The van der Waals surface area contributed by atoms with Gasteiger partial charge in [-0.2, -0.15) is 18.2 Å². The molecular weight excluding hydrogens is 289 g/mol. The van der Waals surface area contributed by atoms with Gasteiger partial charge in [0.25, 0.3) is 0 Å². The molecule has 2 aliphatic carbocycles. The number of hydrogen-bond donors (Lipinski definition) is 2. The molecule has 1 saturated heterocycles. The number of aliphatic imine (C=N–C) groups is 1. The summed E-state index contributed by atoms with van der Waals surface area (Å²) in [4.78, 5) is 25.7. The van der Waals surface area contributed by atoms with E-state index in [1.54, 1.807) is 0 Å². The number of rotatable bonds is 0. The quantitative estimate of drug-likeness (QED) is 0.720. The van der Waals surface area contributed by atoms with Crippen molar-refractivity contribution < 1.29 is 22.8 Å². The first-order valence-corrected chi connectivity index (χ1v) is 5.83. The van der Waals surface area contributed by atoms with Crippen LogP contribution in [0.4, 0.5) is 18.0 Å². The number of nitrogens with one attached hydrogen (secondary N) is 2. The summed E-state index contributed by atoms with van der Waals surface area (Å²) >= 11 is 0. The van der Waals surface area contributed by atoms with Gasteiger partial charge < -0.3 is 4.90 Å². The highest BCUT2D eigenvalue weighted by molar-refractivity contribution is 6.07. The smallest absolute Gasteiger partial charge is 0.336 e. The molecule has 0 aromatic carbocycles. The van der Waals surface area contributed by atoms with E-state index in [1.807, 2.05) is 0 Å². The highest BCUT2D eigenvalue weighted by Crippen LogP contribution is 2.32. The predicted molar refractivity (Wildman–Crippen MR) is 68.2 cm³/mol. The summed E-state index contributed by atoms with van der Waals surface area (Å²) in [5, 5.41) is 2.81. The minimum absolute atomic E-state index is 0.0435. The number of guanidine groups is 1. The van der Waals surface area contributed by atoms with Gasteiger partial charge in [-0.15, -0.1) is 0 Å². The van der Waals surface area contributed by atoms with Gasteiger partial charge in [-0.25, -0.2) is 10.1 Å². The summed E-state index contributed by atoms with van der Waals surface area (Å²) in [5.41, 5.74) is 2.85. The molecule has 112 valence electrons. The summed E-state index contributed by atoms with van der Waals surface area (Å²) in [6, 6.07) is 6.90. The van der Waals surface area contributed by atoms with E-state index in [9.17, 15) is 22.8 Å². The van der Waals surface area contributed by atoms with Gasteiger partial charge in [0.2, 0.25) is 11.9 Å². The molecule has 0 aromatic rings. The highest BCUT2D eigenvalue weighted by Gasteiger charge is 2.31. The molecule has 1 aliphatic heterocycles. The lowest BCUT2D eigenvalue weighted by Crippen LogP contribution is -2.38. The predicted octanol–water partition coefficient (Wildman–Crippen LogP) is 1.30. The van der Waals surface area contributed by atoms with Crippen molar-refractivity contribution in [1.82, 2.24) is 15.5 Å². The molecule has 2 N–H and O–H groups in total. The van der Waals surface area contributed by atoms with Crippen molar-refractivity contribution in [2.75, 3.05) is 13.6 Å². The van der Waals surface area contributed by atoms with Crippen molar-refractivity contribution in [2.45, 2.75) is 6.30 Å². The third kappa shape index (κ3) is 4.48. The molecular formula is C12H11F3N4O2. The molecule has 3 amide bonds. The van der Waals surface area contributed by atoms with E-state index in [1.165, 1.54) is 23.1 Å². The number of urea groups is 1. The zero-order valence-electron chi connectivity index (χ0n) is 10.9. The Morgan fingerprint density at radius 2 is 2.00 bits per heavy atom. The summed E-state index contributed by atoms with van der Waals surface area (Å²) in [6.07, 6.45) is -4.83. The lowest BCUT2D eigenvalue weighted by molar-refractivity contribution is -0.144. The first-order chi connectivity index (χ1) is 9.74. The molecule has 0 bridgehead atoms. The minimum atomic E-state index is -4.83. The molecule has 0 unspecified atom stereocenters. The molecule has 1 heterocycles. The number of hydrogen-bond acceptors (Lipinski definition) is 2. The summed E-state index contributed by atoms with van der Waals surface area (Å²) in [5.74, 6) is -0.641. The fraction of sp³-hybridized carbons (Fsp3) is 0.250. The second-order valence-electron chi connectivity index (χ2n) is 4.35. The third-order valence-corrected chi connectivity index (χ3v) is 2.56. The average molecular weight is 300 g/mol. The Hall–Kier alpha value is -2.58. The van der Waals surface area contributed by atoms with Gasteiger partial charge in [-0.1, -0.05) is 18.2 Å². The topological polar surface area (TPSA) is 73.8 Å². The van der Waals surface area contributed by atoms with E-state index < -0.39 is 18.2 Å². The molecule has 9 heteroatoms. The lowest BCUT2D eigenvalue weighted by Gasteiger charge is -2.09. The molecule has 0 spiro atoms. The van der Waals surface area contributed by atoms with Crippen LogP contribution in [0.2, 0.25) is 0 Å².